The van der Waals surface area contributed by atoms with Crippen molar-refractivity contribution in [2.75, 3.05) is 11.5 Å². The van der Waals surface area contributed by atoms with Gasteiger partial charge in [-0.3, -0.25) is 0 Å². The van der Waals surface area contributed by atoms with Crippen molar-refractivity contribution in [2.45, 2.75) is 0 Å². The highest BCUT2D eigenvalue weighted by molar-refractivity contribution is 5.64. The molecule has 0 aliphatic carbocycles. The van der Waals surface area contributed by atoms with Gasteiger partial charge in [0.15, 0.2) is 0 Å². The van der Waals surface area contributed by atoms with Crippen LogP contribution < -0.4 is 16.6 Å². The molecule has 0 saturated heterocycles. The van der Waals surface area contributed by atoms with Crippen LogP contribution in [0.3, 0.4) is 0 Å². The van der Waals surface area contributed by atoms with Gasteiger partial charge in [-0.25, -0.2) is 0 Å². The molecule has 0 saturated carbocycles. The van der Waals surface area contributed by atoms with Gasteiger partial charge >= 0.3 is 0 Å². The summed E-state index contributed by atoms with van der Waals surface area (Å²) in [5.41, 5.74) is 11.4. The zero-order valence-electron chi connectivity index (χ0n) is 4.79. The Morgan fingerprint density at radius 2 is 1.78 bits per heavy atom. The van der Waals surface area contributed by atoms with Crippen LogP contribution in [0.15, 0.2) is 18.2 Å². The molecule has 4 N–H and O–H groups in total. The minimum atomic E-state index is -0.110. The molecule has 1 aromatic rings. The first-order chi connectivity index (χ1) is 4.20. The summed E-state index contributed by atoms with van der Waals surface area (Å²) in [7, 11) is 0. The largest absolute Gasteiger partial charge is 0.872 e. The minimum absolute atomic E-state index is 0.110. The van der Waals surface area contributed by atoms with E-state index in [1.807, 2.05) is 0 Å². The van der Waals surface area contributed by atoms with Crippen molar-refractivity contribution in [1.29, 1.82) is 0 Å². The van der Waals surface area contributed by atoms with Crippen molar-refractivity contribution in [2.24, 2.45) is 0 Å². The van der Waals surface area contributed by atoms with Crippen LogP contribution in [0.4, 0.5) is 11.4 Å². The standard InChI is InChI=1S/C6H8N2O/c7-5-2-1-4(9)3-6(5)8/h1-3,9H,7-8H2/p-1. The average molecular weight is 123 g/mol. The van der Waals surface area contributed by atoms with Crippen LogP contribution in [0.5, 0.6) is 5.75 Å². The fourth-order valence-electron chi connectivity index (χ4n) is 0.553. The highest BCUT2D eigenvalue weighted by Gasteiger charge is 1.87. The molecule has 1 rings (SSSR count). The molecule has 0 radical (unpaired) electrons. The van der Waals surface area contributed by atoms with Gasteiger partial charge < -0.3 is 16.6 Å². The molecule has 0 aliphatic heterocycles. The van der Waals surface area contributed by atoms with E-state index in [0.29, 0.717) is 11.4 Å². The molecule has 0 amide bonds. The molecule has 9 heavy (non-hydrogen) atoms. The number of anilines is 2. The Labute approximate surface area is 52.9 Å². The van der Waals surface area contributed by atoms with Gasteiger partial charge in [0.25, 0.3) is 0 Å². The number of nitrogens with two attached hydrogens (primary N) is 2. The smallest absolute Gasteiger partial charge is 0.0547 e. The molecule has 0 aliphatic rings. The molecule has 0 bridgehead atoms. The van der Waals surface area contributed by atoms with Crippen LogP contribution in [0.2, 0.25) is 0 Å². The van der Waals surface area contributed by atoms with E-state index in [4.69, 9.17) is 11.5 Å². The highest BCUT2D eigenvalue weighted by Crippen LogP contribution is 2.17. The lowest BCUT2D eigenvalue weighted by atomic mass is 10.3. The number of rotatable bonds is 0. The summed E-state index contributed by atoms with van der Waals surface area (Å²) in [5, 5.41) is 10.5. The zero-order valence-corrected chi connectivity index (χ0v) is 4.79. The fraction of sp³-hybridized carbons (Fsp3) is 0. The molecule has 0 fully saturated rings. The summed E-state index contributed by atoms with van der Waals surface area (Å²) in [4.78, 5) is 0. The maximum absolute atomic E-state index is 10.5. The predicted molar refractivity (Wildman–Crippen MR) is 34.7 cm³/mol. The van der Waals surface area contributed by atoms with Crippen LogP contribution in [0.1, 0.15) is 0 Å². The number of nitrogen functional groups attached to an aromatic ring is 2. The molecule has 48 valence electrons. The Balaban J connectivity index is 3.17. The van der Waals surface area contributed by atoms with E-state index in [1.54, 1.807) is 0 Å². The van der Waals surface area contributed by atoms with Gasteiger partial charge in [-0.15, -0.1) is 5.75 Å². The van der Waals surface area contributed by atoms with Gasteiger partial charge in [-0.05, 0) is 12.1 Å². The normalized spacial score (nSPS) is 9.33. The molecule has 1 aromatic carbocycles. The third kappa shape index (κ3) is 1.05. The van der Waals surface area contributed by atoms with Crippen LogP contribution in [-0.4, -0.2) is 0 Å². The Morgan fingerprint density at radius 1 is 1.11 bits per heavy atom. The average Bonchev–Trinajstić information content (AvgIpc) is 1.80. The highest BCUT2D eigenvalue weighted by atomic mass is 16.3. The maximum atomic E-state index is 10.5. The van der Waals surface area contributed by atoms with Crippen molar-refractivity contribution in [3.63, 3.8) is 0 Å². The zero-order chi connectivity index (χ0) is 6.85. The Bertz CT molecular complexity index is 222. The minimum Gasteiger partial charge on any atom is -0.872 e. The summed E-state index contributed by atoms with van der Waals surface area (Å²) in [6.07, 6.45) is 0. The second kappa shape index (κ2) is 1.85. The van der Waals surface area contributed by atoms with Gasteiger partial charge in [0.2, 0.25) is 0 Å². The van der Waals surface area contributed by atoms with Gasteiger partial charge in [-0.1, -0.05) is 6.07 Å². The Morgan fingerprint density at radius 3 is 2.22 bits per heavy atom. The SMILES string of the molecule is Nc1ccc([O-])cc1N. The van der Waals surface area contributed by atoms with E-state index in [2.05, 4.69) is 0 Å². The van der Waals surface area contributed by atoms with E-state index < -0.39 is 0 Å². The summed E-state index contributed by atoms with van der Waals surface area (Å²) in [6.45, 7) is 0. The first-order valence-corrected chi connectivity index (χ1v) is 2.52. The lowest BCUT2D eigenvalue weighted by Gasteiger charge is -2.06. The Kier molecular flexibility index (Phi) is 1.18. The van der Waals surface area contributed by atoms with Crippen molar-refractivity contribution in [3.05, 3.63) is 18.2 Å². The molecular weight excluding hydrogens is 116 g/mol. The number of hydrogen-bond acceptors (Lipinski definition) is 3. The molecule has 0 spiro atoms. The molecule has 0 aromatic heterocycles. The third-order valence-electron chi connectivity index (χ3n) is 1.06. The first kappa shape index (κ1) is 5.75. The van der Waals surface area contributed by atoms with Gasteiger partial charge in [0.05, 0.1) is 11.4 Å². The van der Waals surface area contributed by atoms with E-state index in [-0.39, 0.29) is 5.75 Å². The quantitative estimate of drug-likeness (QED) is 0.474. The van der Waals surface area contributed by atoms with Gasteiger partial charge in [0, 0.05) is 0 Å². The summed E-state index contributed by atoms with van der Waals surface area (Å²) >= 11 is 0. The van der Waals surface area contributed by atoms with Crippen molar-refractivity contribution in [1.82, 2.24) is 0 Å². The second-order valence-electron chi connectivity index (χ2n) is 1.79. The predicted octanol–water partition coefficient (Wildman–Crippen LogP) is -0.0754. The van der Waals surface area contributed by atoms with Crippen molar-refractivity contribution in [3.8, 4) is 5.75 Å². The van der Waals surface area contributed by atoms with Crippen LogP contribution in [-0.2, 0) is 0 Å². The Hall–Kier alpha value is -1.38. The van der Waals surface area contributed by atoms with E-state index in [0.717, 1.165) is 0 Å². The second-order valence-corrected chi connectivity index (χ2v) is 1.79. The van der Waals surface area contributed by atoms with Crippen LogP contribution in [0, 0.1) is 0 Å². The maximum Gasteiger partial charge on any atom is 0.0547 e. The van der Waals surface area contributed by atoms with Gasteiger partial charge in [0.1, 0.15) is 0 Å². The monoisotopic (exact) mass is 123 g/mol. The summed E-state index contributed by atoms with van der Waals surface area (Å²) in [6, 6.07) is 4.18. The fourth-order valence-corrected chi connectivity index (χ4v) is 0.553. The molecule has 0 atom stereocenters. The molecular formula is C6H7N2O-. The topological polar surface area (TPSA) is 75.1 Å². The van der Waals surface area contributed by atoms with Crippen molar-refractivity contribution >= 4 is 11.4 Å². The molecule has 3 nitrogen and oxygen atoms in total. The number of benzene rings is 1. The lowest BCUT2D eigenvalue weighted by molar-refractivity contribution is -0.268. The summed E-state index contributed by atoms with van der Waals surface area (Å²) < 4.78 is 0. The molecule has 0 heterocycles. The first-order valence-electron chi connectivity index (χ1n) is 2.52. The lowest BCUT2D eigenvalue weighted by Crippen LogP contribution is -1.96. The molecule has 0 unspecified atom stereocenters. The van der Waals surface area contributed by atoms with Crippen LogP contribution in [0.25, 0.3) is 0 Å². The van der Waals surface area contributed by atoms with E-state index >= 15 is 0 Å². The molecule has 3 heteroatoms. The van der Waals surface area contributed by atoms with E-state index in [1.165, 1.54) is 18.2 Å². The van der Waals surface area contributed by atoms with Gasteiger partial charge in [-0.2, -0.15) is 0 Å². The number of hydrogen-bond donors (Lipinski definition) is 2. The van der Waals surface area contributed by atoms with Crippen LogP contribution >= 0.6 is 0 Å². The van der Waals surface area contributed by atoms with E-state index in [9.17, 15) is 5.11 Å². The summed E-state index contributed by atoms with van der Waals surface area (Å²) in [5.74, 6) is -0.110. The third-order valence-corrected chi connectivity index (χ3v) is 1.06. The van der Waals surface area contributed by atoms with Crippen molar-refractivity contribution < 1.29 is 5.11 Å².